The van der Waals surface area contributed by atoms with E-state index >= 15 is 0 Å². The topological polar surface area (TPSA) is 75.7 Å². The molecule has 1 saturated heterocycles. The first-order chi connectivity index (χ1) is 13.3. The molecule has 0 saturated carbocycles. The van der Waals surface area contributed by atoms with Crippen LogP contribution in [0.4, 0.5) is 5.69 Å². The quantitative estimate of drug-likeness (QED) is 0.802. The van der Waals surface area contributed by atoms with Crippen LogP contribution in [-0.2, 0) is 14.8 Å². The van der Waals surface area contributed by atoms with Gasteiger partial charge in [-0.3, -0.25) is 4.79 Å². The molecule has 0 unspecified atom stereocenters. The largest absolute Gasteiger partial charge is 0.481 e. The monoisotopic (exact) mass is 402 g/mol. The van der Waals surface area contributed by atoms with Gasteiger partial charge in [-0.15, -0.1) is 0 Å². The van der Waals surface area contributed by atoms with Crippen LogP contribution in [-0.4, -0.2) is 37.8 Å². The fourth-order valence-corrected chi connectivity index (χ4v) is 4.72. The molecule has 0 bridgehead atoms. The van der Waals surface area contributed by atoms with Crippen LogP contribution in [0.1, 0.15) is 30.9 Å². The molecule has 1 aliphatic rings. The molecule has 6 nitrogen and oxygen atoms in total. The Balaban J connectivity index is 1.63. The van der Waals surface area contributed by atoms with Crippen molar-refractivity contribution >= 4 is 21.6 Å². The van der Waals surface area contributed by atoms with Crippen LogP contribution < -0.4 is 10.1 Å². The number of rotatable bonds is 6. The Morgan fingerprint density at radius 2 is 1.71 bits per heavy atom. The van der Waals surface area contributed by atoms with Crippen LogP contribution in [0.15, 0.2) is 47.4 Å². The Kier molecular flexibility index (Phi) is 6.05. The average Bonchev–Trinajstić information content (AvgIpc) is 3.20. The SMILES string of the molecule is Cc1ccc(O[C@@H](C)C(=O)Nc2ccc(S(=O)(=O)N3CCCC3)cc2)c(C)c1. The molecular formula is C21H26N2O4S. The smallest absolute Gasteiger partial charge is 0.265 e. The van der Waals surface area contributed by atoms with E-state index in [0.29, 0.717) is 24.5 Å². The average molecular weight is 403 g/mol. The van der Waals surface area contributed by atoms with E-state index in [1.165, 1.54) is 16.4 Å². The first-order valence-corrected chi connectivity index (χ1v) is 10.9. The van der Waals surface area contributed by atoms with E-state index in [-0.39, 0.29) is 10.8 Å². The van der Waals surface area contributed by atoms with Crippen molar-refractivity contribution in [2.45, 2.75) is 44.6 Å². The van der Waals surface area contributed by atoms with Crippen molar-refractivity contribution in [1.82, 2.24) is 4.31 Å². The van der Waals surface area contributed by atoms with Gasteiger partial charge in [0.15, 0.2) is 6.10 Å². The fourth-order valence-electron chi connectivity index (χ4n) is 3.21. The second kappa shape index (κ2) is 8.32. The molecule has 3 rings (SSSR count). The van der Waals surface area contributed by atoms with Crippen LogP contribution >= 0.6 is 0 Å². The van der Waals surface area contributed by atoms with Gasteiger partial charge in [-0.05, 0) is 69.5 Å². The predicted octanol–water partition coefficient (Wildman–Crippen LogP) is 3.49. The van der Waals surface area contributed by atoms with Gasteiger partial charge in [0.2, 0.25) is 10.0 Å². The Morgan fingerprint density at radius 1 is 1.07 bits per heavy atom. The minimum absolute atomic E-state index is 0.243. The summed E-state index contributed by atoms with van der Waals surface area (Å²) in [6.07, 6.45) is 1.10. The van der Waals surface area contributed by atoms with Crippen LogP contribution in [0.25, 0.3) is 0 Å². The molecule has 2 aromatic rings. The lowest BCUT2D eigenvalue weighted by Crippen LogP contribution is -2.30. The van der Waals surface area contributed by atoms with Crippen molar-refractivity contribution < 1.29 is 17.9 Å². The molecule has 150 valence electrons. The van der Waals surface area contributed by atoms with Crippen molar-refractivity contribution in [3.63, 3.8) is 0 Å². The third-order valence-corrected chi connectivity index (χ3v) is 6.74. The minimum Gasteiger partial charge on any atom is -0.481 e. The molecule has 0 spiro atoms. The summed E-state index contributed by atoms with van der Waals surface area (Å²) in [6, 6.07) is 12.0. The molecule has 1 fully saturated rings. The molecule has 2 aromatic carbocycles. The highest BCUT2D eigenvalue weighted by molar-refractivity contribution is 7.89. The highest BCUT2D eigenvalue weighted by atomic mass is 32.2. The summed E-state index contributed by atoms with van der Waals surface area (Å²) < 4.78 is 32.4. The van der Waals surface area contributed by atoms with E-state index in [2.05, 4.69) is 5.32 Å². The number of nitrogens with zero attached hydrogens (tertiary/aromatic N) is 1. The van der Waals surface area contributed by atoms with Gasteiger partial charge in [0.1, 0.15) is 5.75 Å². The lowest BCUT2D eigenvalue weighted by atomic mass is 10.1. The van der Waals surface area contributed by atoms with Crippen molar-refractivity contribution in [1.29, 1.82) is 0 Å². The number of hydrogen-bond acceptors (Lipinski definition) is 4. The molecule has 1 atom stereocenters. The number of benzene rings is 2. The minimum atomic E-state index is -3.45. The summed E-state index contributed by atoms with van der Waals surface area (Å²) in [5.74, 6) is 0.371. The Morgan fingerprint density at radius 3 is 2.32 bits per heavy atom. The number of nitrogens with one attached hydrogen (secondary N) is 1. The molecule has 0 aliphatic carbocycles. The molecule has 1 amide bonds. The molecule has 1 heterocycles. The molecule has 0 aromatic heterocycles. The van der Waals surface area contributed by atoms with Gasteiger partial charge in [-0.1, -0.05) is 17.7 Å². The number of amides is 1. The lowest BCUT2D eigenvalue weighted by molar-refractivity contribution is -0.122. The first-order valence-electron chi connectivity index (χ1n) is 9.42. The maximum absolute atomic E-state index is 12.6. The van der Waals surface area contributed by atoms with Crippen molar-refractivity contribution in [2.75, 3.05) is 18.4 Å². The fraction of sp³-hybridized carbons (Fsp3) is 0.381. The maximum Gasteiger partial charge on any atom is 0.265 e. The molecule has 28 heavy (non-hydrogen) atoms. The number of carbonyl (C=O) groups is 1. The second-order valence-electron chi connectivity index (χ2n) is 7.15. The molecule has 1 aliphatic heterocycles. The van der Waals surface area contributed by atoms with E-state index in [9.17, 15) is 13.2 Å². The predicted molar refractivity (Wildman–Crippen MR) is 109 cm³/mol. The number of hydrogen-bond donors (Lipinski definition) is 1. The number of sulfonamides is 1. The zero-order valence-electron chi connectivity index (χ0n) is 16.4. The van der Waals surface area contributed by atoms with Gasteiger partial charge in [-0.2, -0.15) is 4.31 Å². The van der Waals surface area contributed by atoms with Gasteiger partial charge in [-0.25, -0.2) is 8.42 Å². The van der Waals surface area contributed by atoms with E-state index in [4.69, 9.17) is 4.74 Å². The number of carbonyl (C=O) groups excluding carboxylic acids is 1. The first kappa shape index (κ1) is 20.4. The van der Waals surface area contributed by atoms with Gasteiger partial charge < -0.3 is 10.1 Å². The number of aryl methyl sites for hydroxylation is 2. The summed E-state index contributed by atoms with van der Waals surface area (Å²) in [5.41, 5.74) is 2.63. The van der Waals surface area contributed by atoms with Crippen LogP contribution in [0.2, 0.25) is 0 Å². The summed E-state index contributed by atoms with van der Waals surface area (Å²) in [6.45, 7) is 6.75. The maximum atomic E-state index is 12.6. The van der Waals surface area contributed by atoms with Gasteiger partial charge >= 0.3 is 0 Å². The third-order valence-electron chi connectivity index (χ3n) is 4.83. The normalized spacial score (nSPS) is 16.0. The summed E-state index contributed by atoms with van der Waals surface area (Å²) in [5, 5.41) is 2.77. The van der Waals surface area contributed by atoms with Crippen molar-refractivity contribution in [2.24, 2.45) is 0 Å². The summed E-state index contributed by atoms with van der Waals surface area (Å²) in [4.78, 5) is 12.7. The highest BCUT2D eigenvalue weighted by Crippen LogP contribution is 2.23. The van der Waals surface area contributed by atoms with Gasteiger partial charge in [0.05, 0.1) is 4.90 Å². The van der Waals surface area contributed by atoms with Gasteiger partial charge in [0, 0.05) is 18.8 Å². The van der Waals surface area contributed by atoms with E-state index in [1.807, 2.05) is 32.0 Å². The summed E-state index contributed by atoms with van der Waals surface area (Å²) >= 11 is 0. The molecular weight excluding hydrogens is 376 g/mol. The van der Waals surface area contributed by atoms with Crippen LogP contribution in [0.5, 0.6) is 5.75 Å². The third kappa shape index (κ3) is 4.54. The van der Waals surface area contributed by atoms with Crippen molar-refractivity contribution in [3.8, 4) is 5.75 Å². The highest BCUT2D eigenvalue weighted by Gasteiger charge is 2.27. The van der Waals surface area contributed by atoms with E-state index in [0.717, 1.165) is 24.0 Å². The number of anilines is 1. The van der Waals surface area contributed by atoms with E-state index < -0.39 is 16.1 Å². The zero-order valence-corrected chi connectivity index (χ0v) is 17.3. The van der Waals surface area contributed by atoms with Crippen LogP contribution in [0.3, 0.4) is 0 Å². The summed E-state index contributed by atoms with van der Waals surface area (Å²) in [7, 11) is -3.45. The molecule has 1 N–H and O–H groups in total. The zero-order chi connectivity index (χ0) is 20.3. The number of ether oxygens (including phenoxy) is 1. The Labute approximate surface area is 166 Å². The second-order valence-corrected chi connectivity index (χ2v) is 9.09. The van der Waals surface area contributed by atoms with Crippen molar-refractivity contribution in [3.05, 3.63) is 53.6 Å². The molecule has 7 heteroatoms. The Bertz CT molecular complexity index is 949. The lowest BCUT2D eigenvalue weighted by Gasteiger charge is -2.17. The van der Waals surface area contributed by atoms with E-state index in [1.54, 1.807) is 19.1 Å². The molecule has 0 radical (unpaired) electrons. The Hall–Kier alpha value is -2.38. The van der Waals surface area contributed by atoms with Crippen LogP contribution in [0, 0.1) is 13.8 Å². The van der Waals surface area contributed by atoms with Gasteiger partial charge in [0.25, 0.3) is 5.91 Å². The standard InChI is InChI=1S/C21H26N2O4S/c1-15-6-11-20(16(2)14-15)27-17(3)21(24)22-18-7-9-19(10-8-18)28(25,26)23-12-4-5-13-23/h6-11,14,17H,4-5,12-13H2,1-3H3,(H,22,24)/t17-/m0/s1.